The summed E-state index contributed by atoms with van der Waals surface area (Å²) in [5.41, 5.74) is 3.62. The van der Waals surface area contributed by atoms with E-state index in [1.165, 1.54) is 0 Å². The largest absolute Gasteiger partial charge is 0.495 e. The molecule has 1 heterocycles. The van der Waals surface area contributed by atoms with Crippen molar-refractivity contribution in [1.82, 2.24) is 4.98 Å². The van der Waals surface area contributed by atoms with E-state index in [9.17, 15) is 0 Å². The van der Waals surface area contributed by atoms with Crippen LogP contribution < -0.4 is 4.74 Å². The van der Waals surface area contributed by atoms with Crippen molar-refractivity contribution in [2.75, 3.05) is 7.11 Å². The fourth-order valence-electron chi connectivity index (χ4n) is 2.35. The minimum Gasteiger partial charge on any atom is -0.495 e. The molecule has 0 amide bonds. The highest BCUT2D eigenvalue weighted by Gasteiger charge is 2.14. The SMILES string of the molecule is COc1cc2nc(-c3ccccc3)c(C)c(Cl)c2cc1Cl. The highest BCUT2D eigenvalue weighted by atomic mass is 35.5. The van der Waals surface area contributed by atoms with Crippen LogP contribution in [0.15, 0.2) is 42.5 Å². The number of halogens is 2. The van der Waals surface area contributed by atoms with Gasteiger partial charge in [-0.05, 0) is 18.6 Å². The molecular formula is C17H13Cl2NO. The van der Waals surface area contributed by atoms with Crippen molar-refractivity contribution in [2.24, 2.45) is 0 Å². The lowest BCUT2D eigenvalue weighted by atomic mass is 10.0. The number of pyridine rings is 1. The number of fused-ring (bicyclic) bond motifs is 1. The number of rotatable bonds is 2. The number of nitrogens with zero attached hydrogens (tertiary/aromatic N) is 1. The first-order valence-corrected chi connectivity index (χ1v) is 7.26. The topological polar surface area (TPSA) is 22.1 Å². The molecule has 0 N–H and O–H groups in total. The highest BCUT2D eigenvalue weighted by Crippen LogP contribution is 2.37. The lowest BCUT2D eigenvalue weighted by molar-refractivity contribution is 0.415. The van der Waals surface area contributed by atoms with Crippen LogP contribution in [0.2, 0.25) is 10.0 Å². The van der Waals surface area contributed by atoms with Crippen molar-refractivity contribution in [3.8, 4) is 17.0 Å². The molecule has 0 saturated heterocycles. The molecule has 0 atom stereocenters. The molecule has 0 bridgehead atoms. The Kier molecular flexibility index (Phi) is 3.75. The maximum Gasteiger partial charge on any atom is 0.139 e. The van der Waals surface area contributed by atoms with Gasteiger partial charge in [-0.15, -0.1) is 0 Å². The Morgan fingerprint density at radius 3 is 2.43 bits per heavy atom. The summed E-state index contributed by atoms with van der Waals surface area (Å²) in [5.74, 6) is 0.593. The quantitative estimate of drug-likeness (QED) is 0.620. The predicted octanol–water partition coefficient (Wildman–Crippen LogP) is 5.53. The number of hydrogen-bond donors (Lipinski definition) is 0. The number of aromatic nitrogens is 1. The highest BCUT2D eigenvalue weighted by molar-refractivity contribution is 6.38. The van der Waals surface area contributed by atoms with Gasteiger partial charge in [0.25, 0.3) is 0 Å². The summed E-state index contributed by atoms with van der Waals surface area (Å²) in [4.78, 5) is 4.73. The number of hydrogen-bond acceptors (Lipinski definition) is 2. The second-order valence-corrected chi connectivity index (χ2v) is 5.55. The fourth-order valence-corrected chi connectivity index (χ4v) is 2.84. The van der Waals surface area contributed by atoms with E-state index in [2.05, 4.69) is 0 Å². The molecule has 0 unspecified atom stereocenters. The van der Waals surface area contributed by atoms with Gasteiger partial charge in [-0.2, -0.15) is 0 Å². The molecule has 0 saturated carbocycles. The van der Waals surface area contributed by atoms with Crippen molar-refractivity contribution in [3.63, 3.8) is 0 Å². The van der Waals surface area contributed by atoms with E-state index in [1.807, 2.05) is 43.3 Å². The van der Waals surface area contributed by atoms with Gasteiger partial charge in [0.1, 0.15) is 5.75 Å². The lowest BCUT2D eigenvalue weighted by Gasteiger charge is -2.12. The molecule has 21 heavy (non-hydrogen) atoms. The minimum atomic E-state index is 0.528. The summed E-state index contributed by atoms with van der Waals surface area (Å²) in [6, 6.07) is 13.6. The second-order valence-electron chi connectivity index (χ2n) is 4.77. The molecule has 0 aliphatic carbocycles. The first-order chi connectivity index (χ1) is 10.1. The predicted molar refractivity (Wildman–Crippen MR) is 88.5 cm³/mol. The van der Waals surface area contributed by atoms with E-state index in [-0.39, 0.29) is 0 Å². The van der Waals surface area contributed by atoms with Crippen LogP contribution in [0.4, 0.5) is 0 Å². The van der Waals surface area contributed by atoms with Crippen molar-refractivity contribution < 1.29 is 4.74 Å². The standard InChI is InChI=1S/C17H13Cl2NO/c1-10-16(19)12-8-13(18)15(21-2)9-14(12)20-17(10)11-6-4-3-5-7-11/h3-9H,1-2H3. The van der Waals surface area contributed by atoms with E-state index >= 15 is 0 Å². The smallest absolute Gasteiger partial charge is 0.139 e. The zero-order valence-electron chi connectivity index (χ0n) is 11.7. The molecule has 3 aromatic rings. The van der Waals surface area contributed by atoms with Crippen LogP contribution in [0.3, 0.4) is 0 Å². The Labute approximate surface area is 133 Å². The van der Waals surface area contributed by atoms with Gasteiger partial charge in [-0.1, -0.05) is 53.5 Å². The Hall–Kier alpha value is -1.77. The molecule has 2 aromatic carbocycles. The Morgan fingerprint density at radius 2 is 1.76 bits per heavy atom. The number of benzene rings is 2. The van der Waals surface area contributed by atoms with Crippen LogP contribution in [0, 0.1) is 6.92 Å². The summed E-state index contributed by atoms with van der Waals surface area (Å²) in [5, 5.41) is 2.03. The third kappa shape index (κ3) is 2.45. The van der Waals surface area contributed by atoms with E-state index in [0.717, 1.165) is 27.7 Å². The molecule has 0 spiro atoms. The lowest BCUT2D eigenvalue weighted by Crippen LogP contribution is -1.93. The van der Waals surface area contributed by atoms with E-state index < -0.39 is 0 Å². The van der Waals surface area contributed by atoms with Gasteiger partial charge in [0.2, 0.25) is 0 Å². The fraction of sp³-hybridized carbons (Fsp3) is 0.118. The molecule has 0 radical (unpaired) electrons. The Balaban J connectivity index is 2.33. The van der Waals surface area contributed by atoms with E-state index in [0.29, 0.717) is 15.8 Å². The average molecular weight is 318 g/mol. The molecular weight excluding hydrogens is 305 g/mol. The normalized spacial score (nSPS) is 10.9. The monoisotopic (exact) mass is 317 g/mol. The summed E-state index contributed by atoms with van der Waals surface area (Å²) >= 11 is 12.7. The molecule has 2 nitrogen and oxygen atoms in total. The van der Waals surface area contributed by atoms with Gasteiger partial charge in [0.05, 0.1) is 28.4 Å². The van der Waals surface area contributed by atoms with Gasteiger partial charge in [0, 0.05) is 17.0 Å². The van der Waals surface area contributed by atoms with Crippen molar-refractivity contribution >= 4 is 34.1 Å². The van der Waals surface area contributed by atoms with Gasteiger partial charge in [-0.25, -0.2) is 4.98 Å². The van der Waals surface area contributed by atoms with E-state index in [4.69, 9.17) is 32.9 Å². The summed E-state index contributed by atoms with van der Waals surface area (Å²) in [6.07, 6.45) is 0. The van der Waals surface area contributed by atoms with Crippen molar-refractivity contribution in [3.05, 3.63) is 58.1 Å². The van der Waals surface area contributed by atoms with Gasteiger partial charge in [-0.3, -0.25) is 0 Å². The zero-order chi connectivity index (χ0) is 15.0. The first-order valence-electron chi connectivity index (χ1n) is 6.50. The molecule has 3 rings (SSSR count). The number of ether oxygens (including phenoxy) is 1. The van der Waals surface area contributed by atoms with Crippen LogP contribution >= 0.6 is 23.2 Å². The van der Waals surface area contributed by atoms with Crippen LogP contribution in [-0.4, -0.2) is 12.1 Å². The van der Waals surface area contributed by atoms with E-state index in [1.54, 1.807) is 13.2 Å². The molecule has 0 aliphatic heterocycles. The third-order valence-corrected chi connectivity index (χ3v) is 4.25. The molecule has 4 heteroatoms. The maximum absolute atomic E-state index is 6.51. The number of methoxy groups -OCH3 is 1. The Morgan fingerprint density at radius 1 is 1.05 bits per heavy atom. The molecule has 0 aliphatic rings. The van der Waals surface area contributed by atoms with Crippen molar-refractivity contribution in [1.29, 1.82) is 0 Å². The van der Waals surface area contributed by atoms with Crippen LogP contribution in [0.5, 0.6) is 5.75 Å². The third-order valence-electron chi connectivity index (χ3n) is 3.47. The van der Waals surface area contributed by atoms with Crippen molar-refractivity contribution in [2.45, 2.75) is 6.92 Å². The summed E-state index contributed by atoms with van der Waals surface area (Å²) in [7, 11) is 1.58. The average Bonchev–Trinajstić information content (AvgIpc) is 2.52. The zero-order valence-corrected chi connectivity index (χ0v) is 13.2. The molecule has 1 aromatic heterocycles. The maximum atomic E-state index is 6.51. The summed E-state index contributed by atoms with van der Waals surface area (Å²) in [6.45, 7) is 1.97. The van der Waals surface area contributed by atoms with Crippen LogP contribution in [0.1, 0.15) is 5.56 Å². The molecule has 106 valence electrons. The second kappa shape index (κ2) is 5.55. The van der Waals surface area contributed by atoms with Gasteiger partial charge >= 0.3 is 0 Å². The van der Waals surface area contributed by atoms with Crippen LogP contribution in [0.25, 0.3) is 22.2 Å². The Bertz CT molecular complexity index is 816. The minimum absolute atomic E-state index is 0.528. The van der Waals surface area contributed by atoms with Crippen LogP contribution in [-0.2, 0) is 0 Å². The van der Waals surface area contributed by atoms with Gasteiger partial charge in [0.15, 0.2) is 0 Å². The van der Waals surface area contributed by atoms with Gasteiger partial charge < -0.3 is 4.74 Å². The summed E-state index contributed by atoms with van der Waals surface area (Å²) < 4.78 is 5.25. The first kappa shape index (κ1) is 14.2. The molecule has 0 fully saturated rings.